The summed E-state index contributed by atoms with van der Waals surface area (Å²) in [5.74, 6) is 0.345. The number of amides is 1. The van der Waals surface area contributed by atoms with Crippen molar-refractivity contribution in [1.29, 1.82) is 0 Å². The first kappa shape index (κ1) is 13.8. The molecule has 0 aromatic carbocycles. The molecule has 0 radical (unpaired) electrons. The van der Waals surface area contributed by atoms with Crippen molar-refractivity contribution >= 4 is 39.8 Å². The fraction of sp³-hybridized carbons (Fsp3) is 0.250. The smallest absolute Gasteiger partial charge is 0.259 e. The molecule has 0 aliphatic rings. The normalized spacial score (nSPS) is 10.2. The van der Waals surface area contributed by atoms with Gasteiger partial charge in [-0.05, 0) is 12.5 Å². The fourth-order valence-corrected chi connectivity index (χ4v) is 2.13. The summed E-state index contributed by atoms with van der Waals surface area (Å²) in [7, 11) is 0. The average Bonchev–Trinajstić information content (AvgIpc) is 2.90. The molecule has 2 heterocycles. The van der Waals surface area contributed by atoms with Gasteiger partial charge >= 0.3 is 0 Å². The fourth-order valence-electron chi connectivity index (χ4n) is 1.41. The van der Waals surface area contributed by atoms with Crippen molar-refractivity contribution in [2.24, 2.45) is 0 Å². The van der Waals surface area contributed by atoms with Gasteiger partial charge < -0.3 is 5.32 Å². The molecule has 0 bridgehead atoms. The first-order chi connectivity index (χ1) is 9.20. The van der Waals surface area contributed by atoms with Gasteiger partial charge in [-0.15, -0.1) is 11.3 Å². The van der Waals surface area contributed by atoms with E-state index in [2.05, 4.69) is 27.5 Å². The maximum absolute atomic E-state index is 12.1. The third kappa shape index (κ3) is 3.65. The number of thiazole rings is 1. The quantitative estimate of drug-likeness (QED) is 0.888. The minimum absolute atomic E-state index is 0.290. The van der Waals surface area contributed by atoms with Gasteiger partial charge in [0.05, 0.1) is 10.6 Å². The number of halogens is 1. The first-order valence-electron chi connectivity index (χ1n) is 5.81. The van der Waals surface area contributed by atoms with Crippen molar-refractivity contribution in [2.45, 2.75) is 13.3 Å². The van der Waals surface area contributed by atoms with Crippen LogP contribution in [0.1, 0.15) is 23.7 Å². The SMILES string of the molecule is CCCNc1cc(C(=O)Nc2nccs2)c(Cl)cn1. The van der Waals surface area contributed by atoms with Crippen LogP contribution in [-0.4, -0.2) is 22.4 Å². The number of hydrogen-bond donors (Lipinski definition) is 2. The van der Waals surface area contributed by atoms with Crippen LogP contribution >= 0.6 is 22.9 Å². The van der Waals surface area contributed by atoms with E-state index in [0.29, 0.717) is 21.5 Å². The lowest BCUT2D eigenvalue weighted by atomic mass is 10.2. The summed E-state index contributed by atoms with van der Waals surface area (Å²) in [5, 5.41) is 8.45. The largest absolute Gasteiger partial charge is 0.370 e. The molecule has 1 amide bonds. The Hall–Kier alpha value is -1.66. The van der Waals surface area contributed by atoms with E-state index in [-0.39, 0.29) is 5.91 Å². The lowest BCUT2D eigenvalue weighted by Gasteiger charge is -2.08. The second-order valence-electron chi connectivity index (χ2n) is 3.77. The van der Waals surface area contributed by atoms with Crippen LogP contribution in [-0.2, 0) is 0 Å². The highest BCUT2D eigenvalue weighted by molar-refractivity contribution is 7.13. The molecule has 19 heavy (non-hydrogen) atoms. The lowest BCUT2D eigenvalue weighted by molar-refractivity contribution is 0.102. The highest BCUT2D eigenvalue weighted by Crippen LogP contribution is 2.20. The minimum Gasteiger partial charge on any atom is -0.370 e. The van der Waals surface area contributed by atoms with Crippen LogP contribution in [0.25, 0.3) is 0 Å². The molecule has 0 aliphatic heterocycles. The van der Waals surface area contributed by atoms with Gasteiger partial charge in [-0.1, -0.05) is 18.5 Å². The molecule has 2 aromatic heterocycles. The maximum atomic E-state index is 12.1. The number of anilines is 2. The van der Waals surface area contributed by atoms with Crippen molar-refractivity contribution in [2.75, 3.05) is 17.2 Å². The van der Waals surface area contributed by atoms with Crippen molar-refractivity contribution in [3.05, 3.63) is 34.4 Å². The zero-order valence-corrected chi connectivity index (χ0v) is 11.9. The second-order valence-corrected chi connectivity index (χ2v) is 5.07. The number of pyridine rings is 1. The Morgan fingerprint density at radius 3 is 3.00 bits per heavy atom. The Morgan fingerprint density at radius 2 is 2.32 bits per heavy atom. The Labute approximate surface area is 120 Å². The molecule has 0 saturated heterocycles. The van der Waals surface area contributed by atoms with Gasteiger partial charge in [-0.3, -0.25) is 10.1 Å². The second kappa shape index (κ2) is 6.49. The summed E-state index contributed by atoms with van der Waals surface area (Å²) in [6.45, 7) is 2.85. The monoisotopic (exact) mass is 296 g/mol. The predicted molar refractivity (Wildman–Crippen MR) is 78.1 cm³/mol. The van der Waals surface area contributed by atoms with E-state index >= 15 is 0 Å². The highest BCUT2D eigenvalue weighted by atomic mass is 35.5. The molecule has 0 fully saturated rings. The van der Waals surface area contributed by atoms with Crippen LogP contribution in [0.5, 0.6) is 0 Å². The third-order valence-electron chi connectivity index (χ3n) is 2.31. The van der Waals surface area contributed by atoms with Crippen LogP contribution < -0.4 is 10.6 Å². The van der Waals surface area contributed by atoms with Crippen LogP contribution in [0, 0.1) is 0 Å². The zero-order valence-electron chi connectivity index (χ0n) is 10.3. The van der Waals surface area contributed by atoms with Crippen LogP contribution in [0.4, 0.5) is 10.9 Å². The van der Waals surface area contributed by atoms with E-state index in [9.17, 15) is 4.79 Å². The number of nitrogens with one attached hydrogen (secondary N) is 2. The van der Waals surface area contributed by atoms with Crippen LogP contribution in [0.2, 0.25) is 5.02 Å². The van der Waals surface area contributed by atoms with E-state index in [0.717, 1.165) is 13.0 Å². The molecule has 2 N–H and O–H groups in total. The molecule has 7 heteroatoms. The summed E-state index contributed by atoms with van der Waals surface area (Å²) in [5.41, 5.74) is 0.380. The van der Waals surface area contributed by atoms with Crippen molar-refractivity contribution in [3.8, 4) is 0 Å². The molecule has 0 atom stereocenters. The average molecular weight is 297 g/mol. The number of hydrogen-bond acceptors (Lipinski definition) is 5. The van der Waals surface area contributed by atoms with Crippen molar-refractivity contribution in [3.63, 3.8) is 0 Å². The summed E-state index contributed by atoms with van der Waals surface area (Å²) in [6.07, 6.45) is 4.07. The summed E-state index contributed by atoms with van der Waals surface area (Å²) in [4.78, 5) is 20.2. The number of carbonyl (C=O) groups excluding carboxylic acids is 1. The van der Waals surface area contributed by atoms with Crippen LogP contribution in [0.15, 0.2) is 23.8 Å². The Balaban J connectivity index is 2.15. The molecule has 0 unspecified atom stereocenters. The number of nitrogens with zero attached hydrogens (tertiary/aromatic N) is 2. The van der Waals surface area contributed by atoms with E-state index in [1.165, 1.54) is 17.5 Å². The topological polar surface area (TPSA) is 66.9 Å². The maximum Gasteiger partial charge on any atom is 0.259 e. The van der Waals surface area contributed by atoms with Gasteiger partial charge in [0, 0.05) is 24.3 Å². The third-order valence-corrected chi connectivity index (χ3v) is 3.30. The number of aromatic nitrogens is 2. The number of rotatable bonds is 5. The van der Waals surface area contributed by atoms with Gasteiger partial charge in [0.1, 0.15) is 5.82 Å². The molecule has 0 aliphatic carbocycles. The van der Waals surface area contributed by atoms with E-state index in [1.54, 1.807) is 17.6 Å². The van der Waals surface area contributed by atoms with Gasteiger partial charge in [-0.25, -0.2) is 9.97 Å². The van der Waals surface area contributed by atoms with Gasteiger partial charge in [-0.2, -0.15) is 0 Å². The minimum atomic E-state index is -0.290. The summed E-state index contributed by atoms with van der Waals surface area (Å²) in [6, 6.07) is 1.64. The first-order valence-corrected chi connectivity index (χ1v) is 7.06. The van der Waals surface area contributed by atoms with Gasteiger partial charge in [0.25, 0.3) is 5.91 Å². The molecular weight excluding hydrogens is 284 g/mol. The van der Waals surface area contributed by atoms with Crippen molar-refractivity contribution in [1.82, 2.24) is 9.97 Å². The van der Waals surface area contributed by atoms with E-state index in [1.807, 2.05) is 0 Å². The van der Waals surface area contributed by atoms with Gasteiger partial charge in [0.15, 0.2) is 5.13 Å². The standard InChI is InChI=1S/C12H13ClN4OS/c1-2-3-14-10-6-8(9(13)7-16-10)11(18)17-12-15-4-5-19-12/h4-7H,2-3H2,1H3,(H,14,16)(H,15,17,18). The van der Waals surface area contributed by atoms with E-state index in [4.69, 9.17) is 11.6 Å². The summed E-state index contributed by atoms with van der Waals surface area (Å²) < 4.78 is 0. The highest BCUT2D eigenvalue weighted by Gasteiger charge is 2.13. The molecule has 100 valence electrons. The van der Waals surface area contributed by atoms with Crippen LogP contribution in [0.3, 0.4) is 0 Å². The lowest BCUT2D eigenvalue weighted by Crippen LogP contribution is -2.13. The molecule has 0 spiro atoms. The predicted octanol–water partition coefficient (Wildman–Crippen LogP) is 3.27. The number of carbonyl (C=O) groups is 1. The molecule has 2 aromatic rings. The molecular formula is C12H13ClN4OS. The molecule has 2 rings (SSSR count). The van der Waals surface area contributed by atoms with E-state index < -0.39 is 0 Å². The Morgan fingerprint density at radius 1 is 1.47 bits per heavy atom. The molecule has 5 nitrogen and oxygen atoms in total. The zero-order chi connectivity index (χ0) is 13.7. The Bertz CT molecular complexity index is 559. The molecule has 0 saturated carbocycles. The summed E-state index contributed by atoms with van der Waals surface area (Å²) >= 11 is 7.35. The Kier molecular flexibility index (Phi) is 4.70. The van der Waals surface area contributed by atoms with Crippen molar-refractivity contribution < 1.29 is 4.79 Å². The van der Waals surface area contributed by atoms with Gasteiger partial charge in [0.2, 0.25) is 0 Å².